The minimum Gasteiger partial charge on any atom is -0.382 e. The monoisotopic (exact) mass is 413 g/mol. The largest absolute Gasteiger partial charge is 0.382 e. The van der Waals surface area contributed by atoms with Gasteiger partial charge in [-0.1, -0.05) is 13.8 Å². The van der Waals surface area contributed by atoms with Crippen LogP contribution in [0.4, 0.5) is 10.2 Å². The molecular weight excluding hydrogens is 381 g/mol. The second kappa shape index (κ2) is 11.2. The quantitative estimate of drug-likeness (QED) is 0.332. The normalized spacial score (nSPS) is 12.6. The Hall–Kier alpha value is -3.08. The van der Waals surface area contributed by atoms with Gasteiger partial charge in [-0.25, -0.2) is 9.07 Å². The van der Waals surface area contributed by atoms with Crippen molar-refractivity contribution in [1.82, 2.24) is 20.4 Å². The molecule has 2 aromatic rings. The van der Waals surface area contributed by atoms with Gasteiger partial charge in [0.15, 0.2) is 5.96 Å². The molecule has 1 aromatic carbocycles. The molecule has 0 bridgehead atoms. The number of hydrogen-bond acceptors (Lipinski definition) is 4. The number of nitrogens with one attached hydrogen (secondary N) is 2. The fourth-order valence-electron chi connectivity index (χ4n) is 3.10. The Kier molecular flexibility index (Phi) is 8.66. The van der Waals surface area contributed by atoms with Gasteiger partial charge >= 0.3 is 0 Å². The number of aliphatic imine (C=N–C) groups is 1. The predicted molar refractivity (Wildman–Crippen MR) is 119 cm³/mol. The minimum atomic E-state index is -0.336. The van der Waals surface area contributed by atoms with E-state index in [0.29, 0.717) is 41.9 Å². The van der Waals surface area contributed by atoms with Crippen molar-refractivity contribution < 1.29 is 4.39 Å². The van der Waals surface area contributed by atoms with Crippen LogP contribution in [0.1, 0.15) is 51.3 Å². The van der Waals surface area contributed by atoms with Gasteiger partial charge in [0.25, 0.3) is 0 Å². The third-order valence-corrected chi connectivity index (χ3v) is 4.84. The summed E-state index contributed by atoms with van der Waals surface area (Å²) in [6.07, 6.45) is 3.61. The van der Waals surface area contributed by atoms with Gasteiger partial charge in [-0.2, -0.15) is 10.4 Å². The highest BCUT2D eigenvalue weighted by Gasteiger charge is 2.16. The standard InChI is InChI=1S/C22H32FN7/c1-15(2)7-8-16(3)28-22(26-4)27-13-5-6-20-19(14-24)21(25)30(29-20)18-11-9-17(23)10-12-18/h9-12,15-16H,5-8,13,25H2,1-4H3,(H2,26,27,28). The average molecular weight is 414 g/mol. The van der Waals surface area contributed by atoms with Crippen molar-refractivity contribution in [2.75, 3.05) is 19.3 Å². The molecule has 0 spiro atoms. The first kappa shape index (κ1) is 23.2. The molecule has 0 radical (unpaired) electrons. The molecule has 1 heterocycles. The fourth-order valence-corrected chi connectivity index (χ4v) is 3.10. The van der Waals surface area contributed by atoms with Crippen LogP contribution in [0.2, 0.25) is 0 Å². The van der Waals surface area contributed by atoms with E-state index in [1.807, 2.05) is 0 Å². The van der Waals surface area contributed by atoms with E-state index in [0.717, 1.165) is 18.8 Å². The van der Waals surface area contributed by atoms with E-state index >= 15 is 0 Å². The maximum Gasteiger partial charge on any atom is 0.191 e. The van der Waals surface area contributed by atoms with Crippen LogP contribution in [0.5, 0.6) is 0 Å². The van der Waals surface area contributed by atoms with Gasteiger partial charge in [0.2, 0.25) is 0 Å². The number of nitrogens with two attached hydrogens (primary N) is 1. The highest BCUT2D eigenvalue weighted by Crippen LogP contribution is 2.21. The van der Waals surface area contributed by atoms with Crippen molar-refractivity contribution in [2.24, 2.45) is 10.9 Å². The van der Waals surface area contributed by atoms with E-state index < -0.39 is 0 Å². The van der Waals surface area contributed by atoms with Crippen molar-refractivity contribution in [3.8, 4) is 11.8 Å². The molecule has 0 aliphatic heterocycles. The molecule has 4 N–H and O–H groups in total. The smallest absolute Gasteiger partial charge is 0.191 e. The van der Waals surface area contributed by atoms with E-state index in [1.165, 1.54) is 23.2 Å². The number of hydrogen-bond donors (Lipinski definition) is 3. The molecule has 0 aliphatic carbocycles. The summed E-state index contributed by atoms with van der Waals surface area (Å²) in [6, 6.07) is 8.33. The lowest BCUT2D eigenvalue weighted by Gasteiger charge is -2.18. The number of halogens is 1. The number of aryl methyl sites for hydroxylation is 1. The summed E-state index contributed by atoms with van der Waals surface area (Å²) in [5.74, 6) is 1.38. The number of benzene rings is 1. The van der Waals surface area contributed by atoms with E-state index in [1.54, 1.807) is 19.2 Å². The third-order valence-electron chi connectivity index (χ3n) is 4.84. The lowest BCUT2D eigenvalue weighted by atomic mass is 10.0. The number of rotatable bonds is 9. The molecule has 2 rings (SSSR count). The lowest BCUT2D eigenvalue weighted by Crippen LogP contribution is -2.42. The van der Waals surface area contributed by atoms with Gasteiger partial charge in [0.1, 0.15) is 23.3 Å². The predicted octanol–water partition coefficient (Wildman–Crippen LogP) is 3.39. The van der Waals surface area contributed by atoms with Crippen LogP contribution < -0.4 is 16.4 Å². The van der Waals surface area contributed by atoms with Crippen LogP contribution in [0.15, 0.2) is 29.3 Å². The van der Waals surface area contributed by atoms with Gasteiger partial charge in [-0.3, -0.25) is 4.99 Å². The zero-order chi connectivity index (χ0) is 22.1. The first-order valence-electron chi connectivity index (χ1n) is 10.4. The Morgan fingerprint density at radius 1 is 1.27 bits per heavy atom. The Morgan fingerprint density at radius 3 is 2.57 bits per heavy atom. The zero-order valence-electron chi connectivity index (χ0n) is 18.2. The van der Waals surface area contributed by atoms with Crippen molar-refractivity contribution in [1.29, 1.82) is 5.26 Å². The number of nitrogens with zero attached hydrogens (tertiary/aromatic N) is 4. The van der Waals surface area contributed by atoms with Crippen LogP contribution in [0.3, 0.4) is 0 Å². The van der Waals surface area contributed by atoms with Crippen LogP contribution in [-0.4, -0.2) is 35.4 Å². The molecule has 1 unspecified atom stereocenters. The number of aromatic nitrogens is 2. The Bertz CT molecular complexity index is 878. The average Bonchev–Trinajstić information content (AvgIpc) is 3.04. The van der Waals surface area contributed by atoms with Crippen LogP contribution >= 0.6 is 0 Å². The van der Waals surface area contributed by atoms with E-state index in [2.05, 4.69) is 47.6 Å². The Morgan fingerprint density at radius 2 is 1.97 bits per heavy atom. The van der Waals surface area contributed by atoms with Crippen molar-refractivity contribution in [3.05, 3.63) is 41.3 Å². The maximum atomic E-state index is 13.2. The van der Waals surface area contributed by atoms with E-state index in [-0.39, 0.29) is 11.6 Å². The summed E-state index contributed by atoms with van der Waals surface area (Å²) in [5, 5.41) is 20.7. The van der Waals surface area contributed by atoms with Gasteiger partial charge in [0, 0.05) is 19.6 Å². The van der Waals surface area contributed by atoms with Crippen LogP contribution in [0, 0.1) is 23.1 Å². The third kappa shape index (κ3) is 6.48. The summed E-state index contributed by atoms with van der Waals surface area (Å²) in [6.45, 7) is 7.28. The van der Waals surface area contributed by atoms with Crippen LogP contribution in [-0.2, 0) is 6.42 Å². The maximum absolute atomic E-state index is 13.2. The molecule has 0 aliphatic rings. The van der Waals surface area contributed by atoms with Crippen molar-refractivity contribution >= 4 is 11.8 Å². The molecule has 0 saturated heterocycles. The highest BCUT2D eigenvalue weighted by molar-refractivity contribution is 5.79. The molecule has 1 atom stereocenters. The molecule has 1 aromatic heterocycles. The summed E-state index contributed by atoms with van der Waals surface area (Å²) in [4.78, 5) is 4.27. The topological polar surface area (TPSA) is 104 Å². The molecule has 8 heteroatoms. The fraction of sp³-hybridized carbons (Fsp3) is 0.500. The number of nitriles is 1. The van der Waals surface area contributed by atoms with Crippen LogP contribution in [0.25, 0.3) is 5.69 Å². The Balaban J connectivity index is 1.92. The first-order chi connectivity index (χ1) is 14.3. The summed E-state index contributed by atoms with van der Waals surface area (Å²) >= 11 is 0. The Labute approximate surface area is 178 Å². The molecule has 0 amide bonds. The van der Waals surface area contributed by atoms with E-state index in [4.69, 9.17) is 5.73 Å². The van der Waals surface area contributed by atoms with Gasteiger partial charge in [-0.15, -0.1) is 0 Å². The molecule has 0 saturated carbocycles. The van der Waals surface area contributed by atoms with Gasteiger partial charge < -0.3 is 16.4 Å². The number of guanidine groups is 1. The highest BCUT2D eigenvalue weighted by atomic mass is 19.1. The lowest BCUT2D eigenvalue weighted by molar-refractivity contribution is 0.489. The van der Waals surface area contributed by atoms with Gasteiger partial charge in [0.05, 0.1) is 11.4 Å². The molecular formula is C22H32FN7. The first-order valence-corrected chi connectivity index (χ1v) is 10.4. The number of nitrogen functional groups attached to an aromatic ring is 1. The minimum absolute atomic E-state index is 0.267. The summed E-state index contributed by atoms with van der Waals surface area (Å²) < 4.78 is 14.7. The van der Waals surface area contributed by atoms with Crippen molar-refractivity contribution in [2.45, 2.75) is 52.5 Å². The molecule has 7 nitrogen and oxygen atoms in total. The molecule has 30 heavy (non-hydrogen) atoms. The zero-order valence-corrected chi connectivity index (χ0v) is 18.2. The van der Waals surface area contributed by atoms with Crippen molar-refractivity contribution in [3.63, 3.8) is 0 Å². The second-order valence-electron chi connectivity index (χ2n) is 7.83. The van der Waals surface area contributed by atoms with E-state index in [9.17, 15) is 9.65 Å². The molecule has 162 valence electrons. The summed E-state index contributed by atoms with van der Waals surface area (Å²) in [7, 11) is 1.75. The SMILES string of the molecule is CN=C(NCCCc1nn(-c2ccc(F)cc2)c(N)c1C#N)NC(C)CCC(C)C. The summed E-state index contributed by atoms with van der Waals surface area (Å²) in [5.41, 5.74) is 7.72. The number of anilines is 1. The second-order valence-corrected chi connectivity index (χ2v) is 7.83. The molecule has 0 fully saturated rings. The van der Waals surface area contributed by atoms with Gasteiger partial charge in [-0.05, 0) is 62.8 Å².